The number of allylic oxidation sites excluding steroid dienone is 2. The second-order valence-electron chi connectivity index (χ2n) is 6.29. The van der Waals surface area contributed by atoms with Crippen molar-refractivity contribution in [1.82, 2.24) is 0 Å². The standard InChI is InChI=1S/C21H24O2/c1-5-7-15-13-17(22)9-11-19(15)21(3,4)20-12-10-18(23)14-16(20)8-6-2/h5-6,9-14,22-23H,1-2,7-8H2,3-4H3. The maximum absolute atomic E-state index is 9.80. The lowest BCUT2D eigenvalue weighted by molar-refractivity contribution is 0.473. The topological polar surface area (TPSA) is 40.5 Å². The van der Waals surface area contributed by atoms with Gasteiger partial charge in [-0.05, 0) is 59.4 Å². The second-order valence-corrected chi connectivity index (χ2v) is 6.29. The Kier molecular flexibility index (Phi) is 4.95. The molecule has 0 aliphatic rings. The van der Waals surface area contributed by atoms with Crippen molar-refractivity contribution in [2.24, 2.45) is 0 Å². The Bertz CT molecular complexity index is 665. The first-order valence-corrected chi connectivity index (χ1v) is 7.76. The molecule has 0 spiro atoms. The summed E-state index contributed by atoms with van der Waals surface area (Å²) in [6.45, 7) is 11.9. The molecule has 2 nitrogen and oxygen atoms in total. The molecular weight excluding hydrogens is 284 g/mol. The van der Waals surface area contributed by atoms with Gasteiger partial charge >= 0.3 is 0 Å². The first-order valence-electron chi connectivity index (χ1n) is 7.76. The van der Waals surface area contributed by atoms with Crippen LogP contribution in [0, 0.1) is 0 Å². The number of phenolic OH excluding ortho intramolecular Hbond substituents is 2. The van der Waals surface area contributed by atoms with Gasteiger partial charge in [-0.15, -0.1) is 13.2 Å². The molecule has 0 aromatic heterocycles. The minimum absolute atomic E-state index is 0.262. The summed E-state index contributed by atoms with van der Waals surface area (Å²) in [6.07, 6.45) is 5.08. The maximum Gasteiger partial charge on any atom is 0.115 e. The average Bonchev–Trinajstić information content (AvgIpc) is 2.47. The van der Waals surface area contributed by atoms with Crippen LogP contribution in [0.2, 0.25) is 0 Å². The van der Waals surface area contributed by atoms with Crippen LogP contribution in [0.15, 0.2) is 61.7 Å². The molecule has 2 aromatic carbocycles. The van der Waals surface area contributed by atoms with Crippen molar-refractivity contribution in [3.8, 4) is 11.5 Å². The Hall–Kier alpha value is -2.48. The van der Waals surface area contributed by atoms with Crippen LogP contribution in [0.3, 0.4) is 0 Å². The van der Waals surface area contributed by atoms with Gasteiger partial charge in [-0.1, -0.05) is 38.1 Å². The van der Waals surface area contributed by atoms with Crippen LogP contribution in [-0.2, 0) is 18.3 Å². The Labute approximate surface area is 138 Å². The van der Waals surface area contributed by atoms with Crippen molar-refractivity contribution in [1.29, 1.82) is 0 Å². The normalized spacial score (nSPS) is 11.2. The molecule has 0 bridgehead atoms. The lowest BCUT2D eigenvalue weighted by atomic mass is 9.73. The van der Waals surface area contributed by atoms with Crippen molar-refractivity contribution in [2.75, 3.05) is 0 Å². The fourth-order valence-electron chi connectivity index (χ4n) is 3.17. The molecule has 120 valence electrons. The van der Waals surface area contributed by atoms with Gasteiger partial charge in [0.05, 0.1) is 0 Å². The third-order valence-electron chi connectivity index (χ3n) is 4.25. The van der Waals surface area contributed by atoms with Crippen LogP contribution in [0.25, 0.3) is 0 Å². The van der Waals surface area contributed by atoms with E-state index < -0.39 is 0 Å². The molecular formula is C21H24O2. The summed E-state index contributed by atoms with van der Waals surface area (Å²) in [6, 6.07) is 11.0. The summed E-state index contributed by atoms with van der Waals surface area (Å²) >= 11 is 0. The molecule has 23 heavy (non-hydrogen) atoms. The van der Waals surface area contributed by atoms with Gasteiger partial charge in [-0.25, -0.2) is 0 Å². The van der Waals surface area contributed by atoms with E-state index in [0.29, 0.717) is 12.8 Å². The van der Waals surface area contributed by atoms with E-state index in [9.17, 15) is 10.2 Å². The summed E-state index contributed by atoms with van der Waals surface area (Å²) in [4.78, 5) is 0. The summed E-state index contributed by atoms with van der Waals surface area (Å²) in [7, 11) is 0. The fourth-order valence-corrected chi connectivity index (χ4v) is 3.17. The first kappa shape index (κ1) is 16.9. The highest BCUT2D eigenvalue weighted by molar-refractivity contribution is 5.50. The van der Waals surface area contributed by atoms with Crippen LogP contribution in [0.5, 0.6) is 11.5 Å². The number of phenols is 2. The fraction of sp³-hybridized carbons (Fsp3) is 0.238. The van der Waals surface area contributed by atoms with E-state index in [1.807, 2.05) is 24.3 Å². The van der Waals surface area contributed by atoms with E-state index in [1.165, 1.54) is 0 Å². The molecule has 0 fully saturated rings. The number of benzene rings is 2. The lowest BCUT2D eigenvalue weighted by Gasteiger charge is -2.31. The van der Waals surface area contributed by atoms with E-state index >= 15 is 0 Å². The van der Waals surface area contributed by atoms with Crippen LogP contribution in [-0.4, -0.2) is 10.2 Å². The second kappa shape index (κ2) is 6.74. The minimum atomic E-state index is -0.266. The highest BCUT2D eigenvalue weighted by Gasteiger charge is 2.28. The lowest BCUT2D eigenvalue weighted by Crippen LogP contribution is -2.22. The molecule has 2 heteroatoms. The zero-order chi connectivity index (χ0) is 17.0. The summed E-state index contributed by atoms with van der Waals surface area (Å²) in [5.41, 5.74) is 4.14. The van der Waals surface area contributed by atoms with Crippen LogP contribution >= 0.6 is 0 Å². The molecule has 0 aliphatic carbocycles. The van der Waals surface area contributed by atoms with Crippen molar-refractivity contribution >= 4 is 0 Å². The zero-order valence-electron chi connectivity index (χ0n) is 13.8. The van der Waals surface area contributed by atoms with Crippen molar-refractivity contribution in [2.45, 2.75) is 32.1 Å². The van der Waals surface area contributed by atoms with Gasteiger partial charge in [0, 0.05) is 5.41 Å². The highest BCUT2D eigenvalue weighted by atomic mass is 16.3. The molecule has 0 saturated carbocycles. The molecule has 0 unspecified atom stereocenters. The summed E-state index contributed by atoms with van der Waals surface area (Å²) in [5.74, 6) is 0.525. The quantitative estimate of drug-likeness (QED) is 0.747. The highest BCUT2D eigenvalue weighted by Crippen LogP contribution is 2.38. The van der Waals surface area contributed by atoms with Crippen LogP contribution in [0.4, 0.5) is 0 Å². The molecule has 0 radical (unpaired) electrons. The van der Waals surface area contributed by atoms with E-state index in [2.05, 4.69) is 27.0 Å². The number of aromatic hydroxyl groups is 2. The largest absolute Gasteiger partial charge is 0.508 e. The van der Waals surface area contributed by atoms with Crippen LogP contribution < -0.4 is 0 Å². The SMILES string of the molecule is C=CCc1cc(O)ccc1C(C)(C)c1ccc(O)cc1CC=C. The molecule has 0 aliphatic heterocycles. The summed E-state index contributed by atoms with van der Waals surface area (Å²) < 4.78 is 0. The Balaban J connectivity index is 2.62. The molecule has 2 N–H and O–H groups in total. The monoisotopic (exact) mass is 308 g/mol. The maximum atomic E-state index is 9.80. The first-order chi connectivity index (χ1) is 10.9. The Morgan fingerprint density at radius 3 is 1.57 bits per heavy atom. The predicted octanol–water partition coefficient (Wildman–Crippen LogP) is 4.88. The summed E-state index contributed by atoms with van der Waals surface area (Å²) in [5, 5.41) is 19.6. The molecule has 0 atom stereocenters. The predicted molar refractivity (Wildman–Crippen MR) is 96.1 cm³/mol. The van der Waals surface area contributed by atoms with Crippen molar-refractivity contribution < 1.29 is 10.2 Å². The third kappa shape index (κ3) is 3.48. The van der Waals surface area contributed by atoms with Crippen LogP contribution in [0.1, 0.15) is 36.1 Å². The van der Waals surface area contributed by atoms with E-state index in [1.54, 1.807) is 24.3 Å². The molecule has 2 rings (SSSR count). The number of hydrogen-bond acceptors (Lipinski definition) is 2. The van der Waals surface area contributed by atoms with E-state index in [-0.39, 0.29) is 16.9 Å². The van der Waals surface area contributed by atoms with Gasteiger partial charge in [0.15, 0.2) is 0 Å². The molecule has 0 amide bonds. The van der Waals surface area contributed by atoms with E-state index in [0.717, 1.165) is 22.3 Å². The minimum Gasteiger partial charge on any atom is -0.508 e. The van der Waals surface area contributed by atoms with Gasteiger partial charge in [0.2, 0.25) is 0 Å². The molecule has 2 aromatic rings. The number of rotatable bonds is 6. The zero-order valence-corrected chi connectivity index (χ0v) is 13.8. The molecule has 0 saturated heterocycles. The van der Waals surface area contributed by atoms with Crippen molar-refractivity contribution in [3.05, 3.63) is 84.0 Å². The number of hydrogen-bond donors (Lipinski definition) is 2. The van der Waals surface area contributed by atoms with E-state index in [4.69, 9.17) is 0 Å². The Morgan fingerprint density at radius 1 is 0.826 bits per heavy atom. The van der Waals surface area contributed by atoms with Gasteiger partial charge in [-0.2, -0.15) is 0 Å². The van der Waals surface area contributed by atoms with Gasteiger partial charge in [0.1, 0.15) is 11.5 Å². The van der Waals surface area contributed by atoms with Gasteiger partial charge in [-0.3, -0.25) is 0 Å². The smallest absolute Gasteiger partial charge is 0.115 e. The van der Waals surface area contributed by atoms with Gasteiger partial charge in [0.25, 0.3) is 0 Å². The third-order valence-corrected chi connectivity index (χ3v) is 4.25. The average molecular weight is 308 g/mol. The van der Waals surface area contributed by atoms with Gasteiger partial charge < -0.3 is 10.2 Å². The van der Waals surface area contributed by atoms with Crippen molar-refractivity contribution in [3.63, 3.8) is 0 Å². The Morgan fingerprint density at radius 2 is 1.22 bits per heavy atom. The molecule has 0 heterocycles.